The molecule has 1 atom stereocenters. The van der Waals surface area contributed by atoms with E-state index < -0.39 is 10.8 Å². The maximum atomic E-state index is 12.4. The standard InChI is InChI=1S/C14H13Cl2NO3S/c1-19-13-4-3-10(6-14(13)20-2)21(18)8-12-11(16)5-9(15)7-17-12/h3-7H,8H2,1-2H3/t21-/m1/s1. The van der Waals surface area contributed by atoms with Crippen molar-refractivity contribution in [3.8, 4) is 11.5 Å². The molecule has 7 heteroatoms. The fourth-order valence-corrected chi connectivity index (χ4v) is 3.34. The van der Waals surface area contributed by atoms with Crippen molar-refractivity contribution in [3.63, 3.8) is 0 Å². The fraction of sp³-hybridized carbons (Fsp3) is 0.214. The second-order valence-corrected chi connectivity index (χ2v) is 6.38. The average molecular weight is 346 g/mol. The lowest BCUT2D eigenvalue weighted by Crippen LogP contribution is -2.01. The van der Waals surface area contributed by atoms with Gasteiger partial charge in [0.2, 0.25) is 0 Å². The lowest BCUT2D eigenvalue weighted by molar-refractivity contribution is 0.354. The van der Waals surface area contributed by atoms with Crippen LogP contribution in [0.1, 0.15) is 5.69 Å². The maximum absolute atomic E-state index is 12.4. The molecule has 0 saturated heterocycles. The topological polar surface area (TPSA) is 48.4 Å². The Bertz CT molecular complexity index is 679. The number of rotatable bonds is 5. The predicted octanol–water partition coefficient (Wildman–Crippen LogP) is 3.71. The van der Waals surface area contributed by atoms with E-state index in [9.17, 15) is 4.21 Å². The molecule has 21 heavy (non-hydrogen) atoms. The van der Waals surface area contributed by atoms with Crippen LogP contribution in [0.4, 0.5) is 0 Å². The zero-order valence-corrected chi connectivity index (χ0v) is 13.8. The summed E-state index contributed by atoms with van der Waals surface area (Å²) in [7, 11) is 1.78. The molecule has 0 spiro atoms. The summed E-state index contributed by atoms with van der Waals surface area (Å²) in [6.45, 7) is 0. The third kappa shape index (κ3) is 3.87. The number of benzene rings is 1. The first kappa shape index (κ1) is 16.1. The van der Waals surface area contributed by atoms with Gasteiger partial charge in [0.15, 0.2) is 11.5 Å². The summed E-state index contributed by atoms with van der Waals surface area (Å²) < 4.78 is 22.7. The SMILES string of the molecule is COc1ccc([S@](=O)Cc2ncc(Cl)cc2Cl)cc1OC. The van der Waals surface area contributed by atoms with Crippen molar-refractivity contribution in [2.24, 2.45) is 0 Å². The molecule has 2 aromatic rings. The van der Waals surface area contributed by atoms with E-state index in [0.29, 0.717) is 32.1 Å². The van der Waals surface area contributed by atoms with Crippen molar-refractivity contribution in [2.75, 3.05) is 14.2 Å². The van der Waals surface area contributed by atoms with E-state index >= 15 is 0 Å². The number of methoxy groups -OCH3 is 2. The van der Waals surface area contributed by atoms with Crippen molar-refractivity contribution in [2.45, 2.75) is 10.6 Å². The molecule has 4 nitrogen and oxygen atoms in total. The molecular formula is C14H13Cl2NO3S. The summed E-state index contributed by atoms with van der Waals surface area (Å²) in [4.78, 5) is 4.72. The van der Waals surface area contributed by atoms with E-state index in [1.165, 1.54) is 13.3 Å². The van der Waals surface area contributed by atoms with Crippen molar-refractivity contribution < 1.29 is 13.7 Å². The molecule has 0 amide bonds. The van der Waals surface area contributed by atoms with E-state index in [0.717, 1.165) is 0 Å². The molecule has 0 saturated carbocycles. The first-order chi connectivity index (χ1) is 10.0. The molecule has 2 rings (SSSR count). The molecule has 0 aliphatic heterocycles. The van der Waals surface area contributed by atoms with Crippen LogP contribution in [0.25, 0.3) is 0 Å². The van der Waals surface area contributed by atoms with Crippen LogP contribution in [0.3, 0.4) is 0 Å². The first-order valence-electron chi connectivity index (χ1n) is 5.95. The summed E-state index contributed by atoms with van der Waals surface area (Å²) in [5.41, 5.74) is 0.536. The molecule has 1 heterocycles. The molecule has 0 aliphatic carbocycles. The number of pyridine rings is 1. The normalized spacial score (nSPS) is 12.0. The Balaban J connectivity index is 2.24. The van der Waals surface area contributed by atoms with Gasteiger partial charge in [-0.05, 0) is 18.2 Å². The van der Waals surface area contributed by atoms with Gasteiger partial charge in [0.05, 0.1) is 46.5 Å². The van der Waals surface area contributed by atoms with Gasteiger partial charge in [0.25, 0.3) is 0 Å². The third-order valence-corrected chi connectivity index (χ3v) is 4.62. The van der Waals surface area contributed by atoms with Crippen molar-refractivity contribution >= 4 is 34.0 Å². The monoisotopic (exact) mass is 345 g/mol. The lowest BCUT2D eigenvalue weighted by atomic mass is 10.3. The second kappa shape index (κ2) is 7.11. The lowest BCUT2D eigenvalue weighted by Gasteiger charge is -2.09. The van der Waals surface area contributed by atoms with Crippen LogP contribution in [0.2, 0.25) is 10.0 Å². The van der Waals surface area contributed by atoms with Gasteiger partial charge < -0.3 is 9.47 Å². The van der Waals surface area contributed by atoms with Gasteiger partial charge in [0, 0.05) is 17.2 Å². The molecule has 0 radical (unpaired) electrons. The van der Waals surface area contributed by atoms with Gasteiger partial charge >= 0.3 is 0 Å². The van der Waals surface area contributed by atoms with E-state index in [-0.39, 0.29) is 5.75 Å². The number of hydrogen-bond donors (Lipinski definition) is 0. The van der Waals surface area contributed by atoms with Crippen molar-refractivity contribution in [1.82, 2.24) is 4.98 Å². The zero-order chi connectivity index (χ0) is 15.4. The van der Waals surface area contributed by atoms with Crippen molar-refractivity contribution in [1.29, 1.82) is 0 Å². The maximum Gasteiger partial charge on any atom is 0.161 e. The van der Waals surface area contributed by atoms with Gasteiger partial charge in [-0.2, -0.15) is 0 Å². The highest BCUT2D eigenvalue weighted by molar-refractivity contribution is 7.84. The smallest absolute Gasteiger partial charge is 0.161 e. The minimum atomic E-state index is -1.30. The minimum absolute atomic E-state index is 0.200. The van der Waals surface area contributed by atoms with E-state index in [4.69, 9.17) is 32.7 Å². The van der Waals surface area contributed by atoms with Gasteiger partial charge in [-0.15, -0.1) is 0 Å². The highest BCUT2D eigenvalue weighted by atomic mass is 35.5. The number of halogens is 2. The molecule has 1 aromatic heterocycles. The van der Waals surface area contributed by atoms with Gasteiger partial charge in [-0.1, -0.05) is 23.2 Å². The zero-order valence-electron chi connectivity index (χ0n) is 11.4. The van der Waals surface area contributed by atoms with Gasteiger partial charge in [-0.25, -0.2) is 0 Å². The highest BCUT2D eigenvalue weighted by Crippen LogP contribution is 2.30. The van der Waals surface area contributed by atoms with Crippen molar-refractivity contribution in [3.05, 3.63) is 46.2 Å². The Morgan fingerprint density at radius 2 is 1.86 bits per heavy atom. The second-order valence-electron chi connectivity index (χ2n) is 4.09. The summed E-state index contributed by atoms with van der Waals surface area (Å²) in [6.07, 6.45) is 1.48. The van der Waals surface area contributed by atoms with E-state index in [1.54, 1.807) is 31.4 Å². The molecule has 0 unspecified atom stereocenters. The van der Waals surface area contributed by atoms with Gasteiger partial charge in [-0.3, -0.25) is 9.19 Å². The number of nitrogens with zero attached hydrogens (tertiary/aromatic N) is 1. The van der Waals surface area contributed by atoms with E-state index in [1.807, 2.05) is 0 Å². The summed E-state index contributed by atoms with van der Waals surface area (Å²) in [5, 5.41) is 0.844. The van der Waals surface area contributed by atoms with Crippen LogP contribution in [-0.2, 0) is 16.6 Å². The molecule has 0 bridgehead atoms. The third-order valence-electron chi connectivity index (χ3n) is 2.77. The molecule has 0 fully saturated rings. The average Bonchev–Trinajstić information content (AvgIpc) is 2.49. The summed E-state index contributed by atoms with van der Waals surface area (Å²) in [6, 6.07) is 6.69. The summed E-state index contributed by atoms with van der Waals surface area (Å²) in [5.74, 6) is 1.31. The Labute approximate surface area is 135 Å². The summed E-state index contributed by atoms with van der Waals surface area (Å²) >= 11 is 11.8. The number of aromatic nitrogens is 1. The minimum Gasteiger partial charge on any atom is -0.493 e. The molecule has 1 aromatic carbocycles. The quantitative estimate of drug-likeness (QED) is 0.828. The fourth-order valence-electron chi connectivity index (χ4n) is 1.71. The van der Waals surface area contributed by atoms with Crippen LogP contribution in [0, 0.1) is 0 Å². The molecule has 0 aliphatic rings. The Morgan fingerprint density at radius 3 is 2.48 bits per heavy atom. The Kier molecular flexibility index (Phi) is 5.45. The Morgan fingerprint density at radius 1 is 1.14 bits per heavy atom. The highest BCUT2D eigenvalue weighted by Gasteiger charge is 2.13. The molecular weight excluding hydrogens is 333 g/mol. The largest absolute Gasteiger partial charge is 0.493 e. The number of ether oxygens (including phenoxy) is 2. The van der Waals surface area contributed by atoms with Crippen LogP contribution >= 0.6 is 23.2 Å². The molecule has 0 N–H and O–H groups in total. The Hall–Kier alpha value is -1.30. The predicted molar refractivity (Wildman–Crippen MR) is 83.9 cm³/mol. The van der Waals surface area contributed by atoms with Crippen LogP contribution in [0.5, 0.6) is 11.5 Å². The van der Waals surface area contributed by atoms with Gasteiger partial charge in [0.1, 0.15) is 0 Å². The van der Waals surface area contributed by atoms with Crippen LogP contribution in [-0.4, -0.2) is 23.4 Å². The molecule has 112 valence electrons. The number of hydrogen-bond acceptors (Lipinski definition) is 4. The van der Waals surface area contributed by atoms with Crippen LogP contribution < -0.4 is 9.47 Å². The van der Waals surface area contributed by atoms with Crippen LogP contribution in [0.15, 0.2) is 35.4 Å². The first-order valence-corrected chi connectivity index (χ1v) is 8.03. The van der Waals surface area contributed by atoms with E-state index in [2.05, 4.69) is 4.98 Å².